The van der Waals surface area contributed by atoms with Crippen LogP contribution in [0.2, 0.25) is 5.02 Å². The number of amides is 1. The van der Waals surface area contributed by atoms with Crippen LogP contribution >= 0.6 is 11.6 Å². The van der Waals surface area contributed by atoms with Crippen LogP contribution in [-0.4, -0.2) is 24.1 Å². The number of carbonyl (C=O) groups excluding carboxylic acids is 1. The van der Waals surface area contributed by atoms with Crippen LogP contribution in [0.4, 0.5) is 24.5 Å². The lowest BCUT2D eigenvalue weighted by atomic mass is 10.1. The summed E-state index contributed by atoms with van der Waals surface area (Å²) in [6, 6.07) is 3.40. The summed E-state index contributed by atoms with van der Waals surface area (Å²) in [7, 11) is 1.22. The molecule has 21 heavy (non-hydrogen) atoms. The van der Waals surface area contributed by atoms with Gasteiger partial charge in [-0.15, -0.1) is 0 Å². The molecule has 1 unspecified atom stereocenters. The minimum Gasteiger partial charge on any atom is -0.314 e. The average Bonchev–Trinajstić information content (AvgIpc) is 2.36. The SMILES string of the molecule is CC(CC(=O)N(C)c1cc([N+](=O)[O-])ccc1Cl)C(F)(F)F. The van der Waals surface area contributed by atoms with E-state index in [2.05, 4.69) is 0 Å². The minimum atomic E-state index is -4.48. The van der Waals surface area contributed by atoms with Crippen molar-refractivity contribution in [2.45, 2.75) is 19.5 Å². The maximum atomic E-state index is 12.4. The predicted octanol–water partition coefficient (Wildman–Crippen LogP) is 3.80. The highest BCUT2D eigenvalue weighted by Gasteiger charge is 2.38. The van der Waals surface area contributed by atoms with E-state index >= 15 is 0 Å². The number of alkyl halides is 3. The highest BCUT2D eigenvalue weighted by atomic mass is 35.5. The lowest BCUT2D eigenvalue weighted by Crippen LogP contribution is -2.32. The Morgan fingerprint density at radius 2 is 2.05 bits per heavy atom. The Morgan fingerprint density at radius 3 is 2.52 bits per heavy atom. The van der Waals surface area contributed by atoms with Gasteiger partial charge < -0.3 is 4.90 Å². The van der Waals surface area contributed by atoms with Crippen LogP contribution < -0.4 is 4.90 Å². The molecule has 0 radical (unpaired) electrons. The fraction of sp³-hybridized carbons (Fsp3) is 0.417. The van der Waals surface area contributed by atoms with Gasteiger partial charge in [-0.25, -0.2) is 0 Å². The van der Waals surface area contributed by atoms with Crippen molar-refractivity contribution in [3.05, 3.63) is 33.3 Å². The molecule has 0 saturated carbocycles. The fourth-order valence-electron chi connectivity index (χ4n) is 1.52. The van der Waals surface area contributed by atoms with E-state index in [1.807, 2.05) is 0 Å². The molecular formula is C12H12ClF3N2O3. The van der Waals surface area contributed by atoms with E-state index in [0.717, 1.165) is 24.0 Å². The summed E-state index contributed by atoms with van der Waals surface area (Å²) in [4.78, 5) is 22.7. The highest BCUT2D eigenvalue weighted by molar-refractivity contribution is 6.33. The van der Waals surface area contributed by atoms with Crippen LogP contribution in [0, 0.1) is 16.0 Å². The van der Waals surface area contributed by atoms with Crippen LogP contribution in [0.5, 0.6) is 0 Å². The first-order chi connectivity index (χ1) is 9.54. The van der Waals surface area contributed by atoms with Crippen molar-refractivity contribution >= 4 is 28.9 Å². The lowest BCUT2D eigenvalue weighted by Gasteiger charge is -2.21. The van der Waals surface area contributed by atoms with Gasteiger partial charge in [-0.1, -0.05) is 18.5 Å². The number of hydrogen-bond donors (Lipinski definition) is 0. The normalized spacial score (nSPS) is 12.9. The van der Waals surface area contributed by atoms with Gasteiger partial charge in [-0.2, -0.15) is 13.2 Å². The molecule has 1 amide bonds. The van der Waals surface area contributed by atoms with E-state index < -0.39 is 29.3 Å². The lowest BCUT2D eigenvalue weighted by molar-refractivity contribution is -0.384. The third-order valence-corrected chi connectivity index (χ3v) is 3.24. The molecule has 0 aliphatic carbocycles. The van der Waals surface area contributed by atoms with Crippen molar-refractivity contribution in [2.24, 2.45) is 5.92 Å². The number of nitro groups is 1. The van der Waals surface area contributed by atoms with Gasteiger partial charge in [-0.3, -0.25) is 14.9 Å². The van der Waals surface area contributed by atoms with E-state index in [1.165, 1.54) is 13.1 Å². The molecule has 1 aromatic carbocycles. The largest absolute Gasteiger partial charge is 0.392 e. The van der Waals surface area contributed by atoms with Crippen molar-refractivity contribution in [3.63, 3.8) is 0 Å². The Labute approximate surface area is 123 Å². The zero-order valence-corrected chi connectivity index (χ0v) is 11.9. The van der Waals surface area contributed by atoms with E-state index in [1.54, 1.807) is 0 Å². The van der Waals surface area contributed by atoms with Gasteiger partial charge in [0.05, 0.1) is 21.6 Å². The molecular weight excluding hydrogens is 313 g/mol. The maximum absolute atomic E-state index is 12.4. The number of anilines is 1. The van der Waals surface area contributed by atoms with Crippen LogP contribution in [0.3, 0.4) is 0 Å². The van der Waals surface area contributed by atoms with Crippen LogP contribution in [0.25, 0.3) is 0 Å². The second-order valence-corrected chi connectivity index (χ2v) is 4.90. The molecule has 0 saturated heterocycles. The molecule has 0 bridgehead atoms. The molecule has 0 spiro atoms. The summed E-state index contributed by atoms with van der Waals surface area (Å²) in [5.74, 6) is -2.65. The van der Waals surface area contributed by atoms with Crippen LogP contribution in [-0.2, 0) is 4.79 Å². The standard InChI is InChI=1S/C12H12ClF3N2O3/c1-7(12(14,15)16)5-11(19)17(2)10-6-8(18(20)21)3-4-9(10)13/h3-4,6-7H,5H2,1-2H3. The third kappa shape index (κ3) is 4.32. The molecule has 5 nitrogen and oxygen atoms in total. The van der Waals surface area contributed by atoms with Gasteiger partial charge in [0.15, 0.2) is 0 Å². The number of non-ortho nitro benzene ring substituents is 1. The maximum Gasteiger partial charge on any atom is 0.392 e. The summed E-state index contributed by atoms with van der Waals surface area (Å²) in [6.07, 6.45) is -5.25. The summed E-state index contributed by atoms with van der Waals surface area (Å²) < 4.78 is 37.3. The van der Waals surface area contributed by atoms with Gasteiger partial charge in [-0.05, 0) is 6.07 Å². The third-order valence-electron chi connectivity index (χ3n) is 2.92. The molecule has 0 fully saturated rings. The summed E-state index contributed by atoms with van der Waals surface area (Å²) in [6.45, 7) is 0.890. The van der Waals surface area contributed by atoms with Crippen LogP contribution in [0.1, 0.15) is 13.3 Å². The number of benzene rings is 1. The summed E-state index contributed by atoms with van der Waals surface area (Å²) >= 11 is 5.83. The molecule has 9 heteroatoms. The van der Waals surface area contributed by atoms with Gasteiger partial charge in [0, 0.05) is 25.6 Å². The zero-order chi connectivity index (χ0) is 16.4. The Hall–Kier alpha value is -1.83. The van der Waals surface area contributed by atoms with E-state index in [9.17, 15) is 28.1 Å². The Kier molecular flexibility index (Phi) is 5.16. The number of rotatable bonds is 4. The molecule has 1 rings (SSSR count). The van der Waals surface area contributed by atoms with Gasteiger partial charge >= 0.3 is 6.18 Å². The van der Waals surface area contributed by atoms with Crippen molar-refractivity contribution in [1.29, 1.82) is 0 Å². The molecule has 0 N–H and O–H groups in total. The number of carbonyl (C=O) groups is 1. The second-order valence-electron chi connectivity index (χ2n) is 4.49. The van der Waals surface area contributed by atoms with Gasteiger partial charge in [0.1, 0.15) is 0 Å². The smallest absolute Gasteiger partial charge is 0.314 e. The topological polar surface area (TPSA) is 63.5 Å². The summed E-state index contributed by atoms with van der Waals surface area (Å²) in [5.41, 5.74) is -0.317. The Balaban J connectivity index is 2.97. The van der Waals surface area contributed by atoms with Gasteiger partial charge in [0.2, 0.25) is 5.91 Å². The summed E-state index contributed by atoms with van der Waals surface area (Å²) in [5, 5.41) is 10.7. The minimum absolute atomic E-state index is 0.00904. The molecule has 0 aliphatic rings. The molecule has 0 aromatic heterocycles. The Bertz CT molecular complexity index is 563. The molecule has 0 aliphatic heterocycles. The van der Waals surface area contributed by atoms with E-state index in [0.29, 0.717) is 0 Å². The van der Waals surface area contributed by atoms with Crippen molar-refractivity contribution in [3.8, 4) is 0 Å². The molecule has 0 heterocycles. The Morgan fingerprint density at radius 1 is 1.48 bits per heavy atom. The predicted molar refractivity (Wildman–Crippen MR) is 71.4 cm³/mol. The first-order valence-electron chi connectivity index (χ1n) is 5.81. The monoisotopic (exact) mass is 324 g/mol. The number of nitro benzene ring substituents is 1. The number of nitrogens with zero attached hydrogens (tertiary/aromatic N) is 2. The van der Waals surface area contributed by atoms with Crippen molar-refractivity contribution in [1.82, 2.24) is 0 Å². The van der Waals surface area contributed by atoms with E-state index in [4.69, 9.17) is 11.6 Å². The quantitative estimate of drug-likeness (QED) is 0.625. The molecule has 1 aromatic rings. The fourth-order valence-corrected chi connectivity index (χ4v) is 1.76. The number of halogens is 4. The van der Waals surface area contributed by atoms with Crippen LogP contribution in [0.15, 0.2) is 18.2 Å². The van der Waals surface area contributed by atoms with Crippen molar-refractivity contribution < 1.29 is 22.9 Å². The van der Waals surface area contributed by atoms with Gasteiger partial charge in [0.25, 0.3) is 5.69 Å². The molecule has 116 valence electrons. The molecule has 1 atom stereocenters. The zero-order valence-electron chi connectivity index (χ0n) is 11.1. The van der Waals surface area contributed by atoms with E-state index in [-0.39, 0.29) is 16.4 Å². The first kappa shape index (κ1) is 17.2. The second kappa shape index (κ2) is 6.30. The average molecular weight is 325 g/mol. The first-order valence-corrected chi connectivity index (χ1v) is 6.19. The number of hydrogen-bond acceptors (Lipinski definition) is 3. The van der Waals surface area contributed by atoms with Crippen molar-refractivity contribution in [2.75, 3.05) is 11.9 Å². The highest BCUT2D eigenvalue weighted by Crippen LogP contribution is 2.32.